The van der Waals surface area contributed by atoms with Crippen molar-refractivity contribution in [3.05, 3.63) is 47.1 Å². The molecule has 0 amide bonds. The Kier molecular flexibility index (Phi) is 4.57. The molecule has 0 saturated carbocycles. The smallest absolute Gasteiger partial charge is 0.244 e. The molecule has 2 heterocycles. The first-order valence-corrected chi connectivity index (χ1v) is 9.28. The zero-order valence-corrected chi connectivity index (χ0v) is 14.4. The predicted molar refractivity (Wildman–Crippen MR) is 91.7 cm³/mol. The fourth-order valence-corrected chi connectivity index (χ4v) is 4.28. The predicted octanol–water partition coefficient (Wildman–Crippen LogP) is 3.57. The lowest BCUT2D eigenvalue weighted by Gasteiger charge is -2.15. The van der Waals surface area contributed by atoms with Crippen molar-refractivity contribution in [1.82, 2.24) is 9.29 Å². The van der Waals surface area contributed by atoms with Crippen LogP contribution in [0.15, 0.2) is 41.4 Å². The molecule has 1 aliphatic heterocycles. The zero-order valence-electron chi connectivity index (χ0n) is 12.8. The van der Waals surface area contributed by atoms with E-state index >= 15 is 0 Å². The quantitative estimate of drug-likeness (QED) is 0.914. The van der Waals surface area contributed by atoms with E-state index in [1.165, 1.54) is 10.5 Å². The summed E-state index contributed by atoms with van der Waals surface area (Å²) in [5.74, 6) is 0.593. The van der Waals surface area contributed by atoms with Crippen LogP contribution in [0.4, 0.5) is 11.5 Å². The maximum Gasteiger partial charge on any atom is 0.244 e. The molecule has 122 valence electrons. The third-order valence-electron chi connectivity index (χ3n) is 3.89. The molecular formula is C16H18ClN3O2S. The van der Waals surface area contributed by atoms with Crippen molar-refractivity contribution in [1.29, 1.82) is 0 Å². The van der Waals surface area contributed by atoms with Gasteiger partial charge in [0.1, 0.15) is 10.7 Å². The molecule has 1 aromatic carbocycles. The van der Waals surface area contributed by atoms with Gasteiger partial charge in [0, 0.05) is 30.0 Å². The Labute approximate surface area is 141 Å². The first-order valence-electron chi connectivity index (χ1n) is 7.46. The van der Waals surface area contributed by atoms with Gasteiger partial charge in [-0.1, -0.05) is 11.6 Å². The van der Waals surface area contributed by atoms with E-state index in [4.69, 9.17) is 11.6 Å². The lowest BCUT2D eigenvalue weighted by Crippen LogP contribution is -2.27. The highest BCUT2D eigenvalue weighted by molar-refractivity contribution is 7.89. The largest absolute Gasteiger partial charge is 0.340 e. The maximum absolute atomic E-state index is 12.4. The first-order chi connectivity index (χ1) is 11.0. The second-order valence-corrected chi connectivity index (χ2v) is 7.95. The topological polar surface area (TPSA) is 62.3 Å². The highest BCUT2D eigenvalue weighted by Crippen LogP contribution is 2.24. The maximum atomic E-state index is 12.4. The number of halogens is 1. The zero-order chi connectivity index (χ0) is 16.4. The summed E-state index contributed by atoms with van der Waals surface area (Å²) in [5, 5.41) is 3.84. The summed E-state index contributed by atoms with van der Waals surface area (Å²) in [4.78, 5) is 4.46. The van der Waals surface area contributed by atoms with Crippen LogP contribution in [0.25, 0.3) is 0 Å². The van der Waals surface area contributed by atoms with Crippen LogP contribution in [0.1, 0.15) is 18.4 Å². The van der Waals surface area contributed by atoms with Crippen molar-refractivity contribution in [2.75, 3.05) is 18.4 Å². The van der Waals surface area contributed by atoms with Crippen LogP contribution in [0.5, 0.6) is 0 Å². The second-order valence-electron chi connectivity index (χ2n) is 5.57. The molecule has 0 radical (unpaired) electrons. The molecule has 0 atom stereocenters. The van der Waals surface area contributed by atoms with Crippen molar-refractivity contribution in [2.24, 2.45) is 0 Å². The Morgan fingerprint density at radius 1 is 1.17 bits per heavy atom. The fraction of sp³-hybridized carbons (Fsp3) is 0.312. The molecule has 0 bridgehead atoms. The summed E-state index contributed by atoms with van der Waals surface area (Å²) in [6.45, 7) is 3.12. The number of sulfonamides is 1. The highest BCUT2D eigenvalue weighted by Gasteiger charge is 2.27. The van der Waals surface area contributed by atoms with Crippen molar-refractivity contribution >= 4 is 33.1 Å². The Balaban J connectivity index is 1.79. The van der Waals surface area contributed by atoms with Gasteiger partial charge < -0.3 is 5.32 Å². The number of pyridine rings is 1. The summed E-state index contributed by atoms with van der Waals surface area (Å²) in [5.41, 5.74) is 1.88. The lowest BCUT2D eigenvalue weighted by atomic mass is 10.2. The SMILES string of the molecule is Cc1cc(Cl)ccc1Nc1ccc(S(=O)(=O)N2CCCC2)cn1. The van der Waals surface area contributed by atoms with E-state index in [1.54, 1.807) is 18.2 Å². The van der Waals surface area contributed by atoms with Gasteiger partial charge in [0.25, 0.3) is 0 Å². The van der Waals surface area contributed by atoms with E-state index in [1.807, 2.05) is 19.1 Å². The van der Waals surface area contributed by atoms with Crippen LogP contribution in [-0.2, 0) is 10.0 Å². The van der Waals surface area contributed by atoms with Gasteiger partial charge in [-0.15, -0.1) is 0 Å². The number of aryl methyl sites for hydroxylation is 1. The number of hydrogen-bond donors (Lipinski definition) is 1. The Bertz CT molecular complexity index is 801. The average Bonchev–Trinajstić information content (AvgIpc) is 3.06. The molecule has 3 rings (SSSR count). The summed E-state index contributed by atoms with van der Waals surface area (Å²) >= 11 is 5.94. The molecule has 0 unspecified atom stereocenters. The summed E-state index contributed by atoms with van der Waals surface area (Å²) < 4.78 is 26.4. The molecule has 1 aromatic heterocycles. The van der Waals surface area contributed by atoms with Crippen LogP contribution < -0.4 is 5.32 Å². The van der Waals surface area contributed by atoms with Crippen LogP contribution in [-0.4, -0.2) is 30.8 Å². The molecule has 5 nitrogen and oxygen atoms in total. The third-order valence-corrected chi connectivity index (χ3v) is 6.01. The number of nitrogens with zero attached hydrogens (tertiary/aromatic N) is 2. The Morgan fingerprint density at radius 2 is 1.91 bits per heavy atom. The summed E-state index contributed by atoms with van der Waals surface area (Å²) in [6.07, 6.45) is 3.24. The highest BCUT2D eigenvalue weighted by atomic mass is 35.5. The number of rotatable bonds is 4. The van der Waals surface area contributed by atoms with Gasteiger partial charge in [0.15, 0.2) is 0 Å². The minimum Gasteiger partial charge on any atom is -0.340 e. The normalized spacial score (nSPS) is 15.7. The molecule has 2 aromatic rings. The van der Waals surface area contributed by atoms with Gasteiger partial charge in [-0.3, -0.25) is 0 Å². The molecule has 1 aliphatic rings. The van der Waals surface area contributed by atoms with Crippen LogP contribution in [0.3, 0.4) is 0 Å². The monoisotopic (exact) mass is 351 g/mol. The lowest BCUT2D eigenvalue weighted by molar-refractivity contribution is 0.477. The summed E-state index contributed by atoms with van der Waals surface area (Å²) in [7, 11) is -3.42. The van der Waals surface area contributed by atoms with Crippen molar-refractivity contribution in [3.63, 3.8) is 0 Å². The standard InChI is InChI=1S/C16H18ClN3O2S/c1-12-10-13(17)4-6-15(12)19-16-7-5-14(11-18-16)23(21,22)20-8-2-3-9-20/h4-7,10-11H,2-3,8-9H2,1H3,(H,18,19). The van der Waals surface area contributed by atoms with Crippen molar-refractivity contribution in [2.45, 2.75) is 24.7 Å². The van der Waals surface area contributed by atoms with E-state index < -0.39 is 10.0 Å². The minimum atomic E-state index is -3.42. The minimum absolute atomic E-state index is 0.234. The molecule has 1 N–H and O–H groups in total. The van der Waals surface area contributed by atoms with Crippen molar-refractivity contribution in [3.8, 4) is 0 Å². The number of benzene rings is 1. The third kappa shape index (κ3) is 3.49. The molecule has 0 spiro atoms. The Hall–Kier alpha value is -1.63. The van der Waals surface area contributed by atoms with Gasteiger partial charge in [-0.2, -0.15) is 4.31 Å². The molecule has 1 fully saturated rings. The van der Waals surface area contributed by atoms with Crippen LogP contribution in [0.2, 0.25) is 5.02 Å². The van der Waals surface area contributed by atoms with Gasteiger partial charge in [0.05, 0.1) is 0 Å². The first kappa shape index (κ1) is 16.2. The fourth-order valence-electron chi connectivity index (χ4n) is 2.59. The average molecular weight is 352 g/mol. The number of nitrogens with one attached hydrogen (secondary N) is 1. The molecule has 0 aliphatic carbocycles. The second kappa shape index (κ2) is 6.47. The number of anilines is 2. The van der Waals surface area contributed by atoms with Gasteiger partial charge in [0.2, 0.25) is 10.0 Å². The summed E-state index contributed by atoms with van der Waals surface area (Å²) in [6, 6.07) is 8.79. The molecular weight excluding hydrogens is 334 g/mol. The molecule has 23 heavy (non-hydrogen) atoms. The van der Waals surface area contributed by atoms with Crippen LogP contribution in [0, 0.1) is 6.92 Å². The van der Waals surface area contributed by atoms with E-state index in [9.17, 15) is 8.42 Å². The molecule has 7 heteroatoms. The Morgan fingerprint density at radius 3 is 2.52 bits per heavy atom. The number of aromatic nitrogens is 1. The van der Waals surface area contributed by atoms with Gasteiger partial charge in [-0.25, -0.2) is 13.4 Å². The van der Waals surface area contributed by atoms with E-state index in [-0.39, 0.29) is 4.90 Å². The van der Waals surface area contributed by atoms with Crippen molar-refractivity contribution < 1.29 is 8.42 Å². The van der Waals surface area contributed by atoms with E-state index in [0.717, 1.165) is 24.1 Å². The van der Waals surface area contributed by atoms with Gasteiger partial charge >= 0.3 is 0 Å². The molecule has 1 saturated heterocycles. The van der Waals surface area contributed by atoms with Crippen LogP contribution >= 0.6 is 11.6 Å². The van der Waals surface area contributed by atoms with E-state index in [0.29, 0.717) is 23.9 Å². The van der Waals surface area contributed by atoms with E-state index in [2.05, 4.69) is 10.3 Å². The van der Waals surface area contributed by atoms with Gasteiger partial charge in [-0.05, 0) is 55.7 Å². The number of hydrogen-bond acceptors (Lipinski definition) is 4.